The van der Waals surface area contributed by atoms with Gasteiger partial charge in [0.15, 0.2) is 0 Å². The quantitative estimate of drug-likeness (QED) is 0.446. The number of nitrogens with zero attached hydrogens (tertiary/aromatic N) is 3. The lowest BCUT2D eigenvalue weighted by Gasteiger charge is -1.95. The Morgan fingerprint density at radius 1 is 0.944 bits per heavy atom. The summed E-state index contributed by atoms with van der Waals surface area (Å²) in [6, 6.07) is 9.98. The van der Waals surface area contributed by atoms with E-state index in [-0.39, 0.29) is 0 Å². The van der Waals surface area contributed by atoms with Crippen molar-refractivity contribution in [1.82, 2.24) is 0 Å². The Morgan fingerprint density at radius 2 is 1.28 bits per heavy atom. The van der Waals surface area contributed by atoms with Crippen LogP contribution < -0.4 is 0 Å². The lowest BCUT2D eigenvalue weighted by Crippen LogP contribution is -1.85. The molecule has 0 spiro atoms. The number of hydrogen-bond acceptors (Lipinski definition) is 4. The highest BCUT2D eigenvalue weighted by atomic mass is 28.2. The molecule has 7 nitrogen and oxygen atoms in total. The van der Waals surface area contributed by atoms with Crippen LogP contribution in [-0.4, -0.2) is 28.7 Å². The highest BCUT2D eigenvalue weighted by Crippen LogP contribution is 1.97. The van der Waals surface area contributed by atoms with E-state index in [9.17, 15) is 0 Å². The normalized spacial score (nSPS) is 6.06. The molecule has 8 heteroatoms. The zero-order valence-corrected chi connectivity index (χ0v) is 10.1. The summed E-state index contributed by atoms with van der Waals surface area (Å²) >= 11 is 0. The number of hydrogen-bond donors (Lipinski definition) is 0. The maximum Gasteiger partial charge on any atom is 0.246 e. The van der Waals surface area contributed by atoms with E-state index in [2.05, 4.69) is 10.5 Å². The van der Waals surface area contributed by atoms with Crippen LogP contribution in [0.1, 0.15) is 5.56 Å². The number of carbonyl (C=O) groups excluding carboxylic acids is 3. The van der Waals surface area contributed by atoms with Crippen molar-refractivity contribution >= 4 is 28.7 Å². The van der Waals surface area contributed by atoms with Gasteiger partial charge in [-0.25, -0.2) is 0 Å². The van der Waals surface area contributed by atoms with Gasteiger partial charge in [0, 0.05) is 0 Å². The molecule has 1 rings (SSSR count). The topological polar surface area (TPSA) is 127 Å². The largest absolute Gasteiger partial charge is 0.724 e. The zero-order valence-electron chi connectivity index (χ0n) is 9.07. The minimum Gasteiger partial charge on any atom is -0.724 e. The van der Waals surface area contributed by atoms with Gasteiger partial charge in [-0.2, -0.15) is 0 Å². The standard InChI is InChI=1S/C7H7OSi.3CNO/c9-8-6-7-4-2-1-3-5-7;3*2-1-3/h1-5H,6H2;;;/q;3*-1. The monoisotopic (exact) mass is 261 g/mol. The number of rotatable bonds is 2. The molecule has 0 fully saturated rings. The fourth-order valence-electron chi connectivity index (χ4n) is 0.658. The highest BCUT2D eigenvalue weighted by molar-refractivity contribution is 5.97. The van der Waals surface area contributed by atoms with E-state index >= 15 is 0 Å². The van der Waals surface area contributed by atoms with Gasteiger partial charge in [-0.3, -0.25) is 14.4 Å². The molecule has 0 atom stereocenters. The molecule has 0 saturated carbocycles. The molecule has 0 saturated heterocycles. The van der Waals surface area contributed by atoms with Crippen LogP contribution in [0.25, 0.3) is 16.2 Å². The molecule has 0 N–H and O–H groups in total. The van der Waals surface area contributed by atoms with E-state index in [1.807, 2.05) is 30.3 Å². The summed E-state index contributed by atoms with van der Waals surface area (Å²) in [5.74, 6) is 0. The van der Waals surface area contributed by atoms with Crippen molar-refractivity contribution < 1.29 is 18.8 Å². The fraction of sp³-hybridized carbons (Fsp3) is 0.100. The van der Waals surface area contributed by atoms with Gasteiger partial charge in [0.2, 0.25) is 10.5 Å². The average molecular weight is 261 g/mol. The Bertz CT molecular complexity index is 351. The van der Waals surface area contributed by atoms with Crippen molar-refractivity contribution in [3.05, 3.63) is 52.1 Å². The first-order valence-electron chi connectivity index (χ1n) is 4.04. The maximum atomic E-state index is 8.24. The molecule has 0 aliphatic carbocycles. The van der Waals surface area contributed by atoms with Crippen LogP contribution in [0.15, 0.2) is 30.3 Å². The lowest BCUT2D eigenvalue weighted by atomic mass is 10.2. The number of benzene rings is 1. The van der Waals surface area contributed by atoms with Crippen LogP contribution in [0.3, 0.4) is 0 Å². The highest BCUT2D eigenvalue weighted by Gasteiger charge is 1.84. The van der Waals surface area contributed by atoms with Crippen LogP contribution in [0.4, 0.5) is 0 Å². The molecular formula is C10H7N3O4Si-3. The van der Waals surface area contributed by atoms with Crippen molar-refractivity contribution in [2.24, 2.45) is 0 Å². The lowest BCUT2D eigenvalue weighted by molar-refractivity contribution is 0.338. The third-order valence-corrected chi connectivity index (χ3v) is 1.23. The van der Waals surface area contributed by atoms with Crippen molar-refractivity contribution in [2.75, 3.05) is 0 Å². The van der Waals surface area contributed by atoms with Crippen LogP contribution in [0, 0.1) is 0 Å². The molecule has 1 aromatic rings. The Kier molecular flexibility index (Phi) is 27.8. The van der Waals surface area contributed by atoms with Crippen LogP contribution in [0.5, 0.6) is 0 Å². The second kappa shape index (κ2) is 24.0. The molecule has 0 bridgehead atoms. The van der Waals surface area contributed by atoms with Gasteiger partial charge >= 0.3 is 0 Å². The zero-order chi connectivity index (χ0) is 14.6. The minimum atomic E-state index is 0.500. The minimum absolute atomic E-state index is 0.500. The second-order valence-corrected chi connectivity index (χ2v) is 2.34. The van der Waals surface area contributed by atoms with E-state index in [0.29, 0.717) is 24.8 Å². The molecule has 93 valence electrons. The van der Waals surface area contributed by atoms with Gasteiger partial charge < -0.3 is 20.7 Å². The summed E-state index contributed by atoms with van der Waals surface area (Å²) in [5, 5.41) is 20.3. The molecule has 0 heterocycles. The molecule has 0 aromatic heterocycles. The van der Waals surface area contributed by atoms with Gasteiger partial charge in [-0.15, -0.1) is 0 Å². The average Bonchev–Trinajstić information content (AvgIpc) is 2.34. The Balaban J connectivity index is -0.000000210. The predicted octanol–water partition coefficient (Wildman–Crippen LogP) is 0.962. The Labute approximate surface area is 107 Å². The molecule has 0 aliphatic rings. The van der Waals surface area contributed by atoms with Gasteiger partial charge in [-0.1, -0.05) is 30.3 Å². The number of isocyanates is 3. The Hall–Kier alpha value is -2.46. The summed E-state index contributed by atoms with van der Waals surface area (Å²) in [7, 11) is 2.93. The smallest absolute Gasteiger partial charge is 0.246 e. The Morgan fingerprint density at radius 3 is 1.56 bits per heavy atom. The van der Waals surface area contributed by atoms with E-state index in [0.717, 1.165) is 0 Å². The van der Waals surface area contributed by atoms with Crippen molar-refractivity contribution in [3.8, 4) is 0 Å². The van der Waals surface area contributed by atoms with Gasteiger partial charge in [0.25, 0.3) is 0 Å². The van der Waals surface area contributed by atoms with Gasteiger partial charge in [0.1, 0.15) is 0 Å². The van der Waals surface area contributed by atoms with E-state index < -0.39 is 0 Å². The van der Waals surface area contributed by atoms with Crippen LogP contribution in [0.2, 0.25) is 0 Å². The summed E-state index contributed by atoms with van der Waals surface area (Å²) in [6.45, 7) is 0.623. The SMILES string of the molecule is [N-]=C=O.[N-]=C=O.[N-]=C=O.[Si]OCc1ccccc1. The summed E-state index contributed by atoms with van der Waals surface area (Å²) in [4.78, 5) is 24.7. The summed E-state index contributed by atoms with van der Waals surface area (Å²) in [5.41, 5.74) is 1.17. The first-order chi connectivity index (χ1) is 8.67. The molecule has 3 radical (unpaired) electrons. The van der Waals surface area contributed by atoms with E-state index in [1.54, 1.807) is 0 Å². The third-order valence-electron chi connectivity index (χ3n) is 1.08. The molecule has 18 heavy (non-hydrogen) atoms. The maximum absolute atomic E-state index is 8.24. The van der Waals surface area contributed by atoms with Crippen LogP contribution >= 0.6 is 0 Å². The molecule has 0 unspecified atom stereocenters. The third kappa shape index (κ3) is 29.2. The predicted molar refractivity (Wildman–Crippen MR) is 64.1 cm³/mol. The molecule has 1 aromatic carbocycles. The molecular weight excluding hydrogens is 254 g/mol. The van der Waals surface area contributed by atoms with Gasteiger partial charge in [0.05, 0.1) is 6.61 Å². The summed E-state index contributed by atoms with van der Waals surface area (Å²) in [6.07, 6.45) is 1.50. The van der Waals surface area contributed by atoms with Crippen molar-refractivity contribution in [3.63, 3.8) is 0 Å². The van der Waals surface area contributed by atoms with Crippen molar-refractivity contribution in [1.29, 1.82) is 0 Å². The first kappa shape index (κ1) is 20.9. The van der Waals surface area contributed by atoms with Crippen molar-refractivity contribution in [2.45, 2.75) is 6.61 Å². The first-order valence-corrected chi connectivity index (χ1v) is 4.45. The van der Waals surface area contributed by atoms with Gasteiger partial charge in [-0.05, 0) is 23.8 Å². The van der Waals surface area contributed by atoms with E-state index in [1.165, 1.54) is 5.56 Å². The van der Waals surface area contributed by atoms with E-state index in [4.69, 9.17) is 35.0 Å². The van der Waals surface area contributed by atoms with Crippen LogP contribution in [-0.2, 0) is 25.4 Å². The second-order valence-electron chi connectivity index (χ2n) is 2.05. The fourth-order valence-corrected chi connectivity index (χ4v) is 0.824. The molecule has 0 amide bonds. The molecule has 0 aliphatic heterocycles. The summed E-state index contributed by atoms with van der Waals surface area (Å²) < 4.78 is 4.73.